The summed E-state index contributed by atoms with van der Waals surface area (Å²) in [6.07, 6.45) is 1.11. The average molecular weight is 271 g/mol. The maximum atomic E-state index is 12.3. The molecule has 0 bridgehead atoms. The standard InChI is InChI=1S/C16H21N3O/c1-12(19-9-8-16(2,3)11-19)15(20)18-14-7-5-4-6-13(14)10-17/h4-7,12H,8-9,11H2,1-3H3,(H,18,20). The number of hydrogen-bond acceptors (Lipinski definition) is 3. The Morgan fingerprint density at radius 2 is 2.15 bits per heavy atom. The molecule has 0 aromatic heterocycles. The number of likely N-dealkylation sites (tertiary alicyclic amines) is 1. The number of nitrogens with zero attached hydrogens (tertiary/aromatic N) is 2. The Hall–Kier alpha value is -1.86. The van der Waals surface area contributed by atoms with E-state index in [1.165, 1.54) is 0 Å². The number of para-hydroxylation sites is 1. The zero-order chi connectivity index (χ0) is 14.8. The van der Waals surface area contributed by atoms with Gasteiger partial charge in [0.1, 0.15) is 6.07 Å². The zero-order valence-corrected chi connectivity index (χ0v) is 12.3. The summed E-state index contributed by atoms with van der Waals surface area (Å²) < 4.78 is 0. The molecule has 1 aliphatic rings. The van der Waals surface area contributed by atoms with E-state index in [1.807, 2.05) is 13.0 Å². The van der Waals surface area contributed by atoms with Crippen molar-refractivity contribution < 1.29 is 4.79 Å². The van der Waals surface area contributed by atoms with Crippen LogP contribution in [0.4, 0.5) is 5.69 Å². The summed E-state index contributed by atoms with van der Waals surface area (Å²) in [5.41, 5.74) is 1.36. The number of amides is 1. The van der Waals surface area contributed by atoms with E-state index < -0.39 is 0 Å². The van der Waals surface area contributed by atoms with E-state index in [0.29, 0.717) is 11.3 Å². The van der Waals surface area contributed by atoms with Gasteiger partial charge in [0.15, 0.2) is 0 Å². The second-order valence-corrected chi connectivity index (χ2v) is 6.21. The van der Waals surface area contributed by atoms with E-state index >= 15 is 0 Å². The van der Waals surface area contributed by atoms with Crippen LogP contribution in [-0.2, 0) is 4.79 Å². The SMILES string of the molecule is CC(C(=O)Nc1ccccc1C#N)N1CCC(C)(C)C1. The van der Waals surface area contributed by atoms with Crippen molar-refractivity contribution in [2.24, 2.45) is 5.41 Å². The normalized spacial score (nSPS) is 19.3. The highest BCUT2D eigenvalue weighted by Gasteiger charge is 2.34. The van der Waals surface area contributed by atoms with Crippen molar-refractivity contribution in [1.29, 1.82) is 5.26 Å². The third-order valence-corrected chi connectivity index (χ3v) is 3.94. The summed E-state index contributed by atoms with van der Waals surface area (Å²) in [6.45, 7) is 8.25. The highest BCUT2D eigenvalue weighted by Crippen LogP contribution is 2.30. The number of carbonyl (C=O) groups excluding carboxylic acids is 1. The third-order valence-electron chi connectivity index (χ3n) is 3.94. The molecule has 1 saturated heterocycles. The first-order valence-electron chi connectivity index (χ1n) is 6.97. The van der Waals surface area contributed by atoms with Crippen LogP contribution in [0.15, 0.2) is 24.3 Å². The number of anilines is 1. The van der Waals surface area contributed by atoms with Gasteiger partial charge in [-0.1, -0.05) is 26.0 Å². The Morgan fingerprint density at radius 3 is 2.75 bits per heavy atom. The number of rotatable bonds is 3. The van der Waals surface area contributed by atoms with Crippen molar-refractivity contribution in [3.63, 3.8) is 0 Å². The van der Waals surface area contributed by atoms with Gasteiger partial charge in [-0.2, -0.15) is 5.26 Å². The minimum atomic E-state index is -0.177. The molecule has 4 nitrogen and oxygen atoms in total. The smallest absolute Gasteiger partial charge is 0.241 e. The van der Waals surface area contributed by atoms with E-state index in [1.54, 1.807) is 18.2 Å². The van der Waals surface area contributed by atoms with Crippen LogP contribution in [-0.4, -0.2) is 29.9 Å². The predicted octanol–water partition coefficient (Wildman–Crippen LogP) is 2.62. The maximum absolute atomic E-state index is 12.3. The van der Waals surface area contributed by atoms with Crippen LogP contribution in [0.25, 0.3) is 0 Å². The molecule has 1 aliphatic heterocycles. The van der Waals surface area contributed by atoms with Crippen molar-refractivity contribution in [3.8, 4) is 6.07 Å². The predicted molar refractivity (Wildman–Crippen MR) is 79.2 cm³/mol. The van der Waals surface area contributed by atoms with Gasteiger partial charge in [0.05, 0.1) is 17.3 Å². The topological polar surface area (TPSA) is 56.1 Å². The maximum Gasteiger partial charge on any atom is 0.241 e. The second-order valence-electron chi connectivity index (χ2n) is 6.21. The number of carbonyl (C=O) groups is 1. The molecule has 4 heteroatoms. The molecule has 1 amide bonds. The number of benzene rings is 1. The van der Waals surface area contributed by atoms with Gasteiger partial charge in [-0.05, 0) is 37.4 Å². The van der Waals surface area contributed by atoms with E-state index in [2.05, 4.69) is 30.1 Å². The molecule has 0 spiro atoms. The molecule has 0 aliphatic carbocycles. The summed E-state index contributed by atoms with van der Waals surface area (Å²) in [5, 5.41) is 11.9. The molecule has 1 unspecified atom stereocenters. The molecule has 1 atom stereocenters. The molecular formula is C16H21N3O. The largest absolute Gasteiger partial charge is 0.324 e. The minimum absolute atomic E-state index is 0.0506. The van der Waals surface area contributed by atoms with Gasteiger partial charge in [0.25, 0.3) is 0 Å². The zero-order valence-electron chi connectivity index (χ0n) is 12.3. The average Bonchev–Trinajstić information content (AvgIpc) is 2.78. The van der Waals surface area contributed by atoms with Crippen LogP contribution >= 0.6 is 0 Å². The Bertz CT molecular complexity index is 545. The molecule has 2 rings (SSSR count). The first-order chi connectivity index (χ1) is 9.43. The quantitative estimate of drug-likeness (QED) is 0.919. The summed E-state index contributed by atoms with van der Waals surface area (Å²) in [6, 6.07) is 9.00. The van der Waals surface area contributed by atoms with E-state index in [0.717, 1.165) is 19.5 Å². The van der Waals surface area contributed by atoms with Crippen LogP contribution in [0.1, 0.15) is 32.8 Å². The Kier molecular flexibility index (Phi) is 4.10. The van der Waals surface area contributed by atoms with E-state index in [4.69, 9.17) is 5.26 Å². The number of nitriles is 1. The first kappa shape index (κ1) is 14.5. The van der Waals surface area contributed by atoms with Gasteiger partial charge in [-0.15, -0.1) is 0 Å². The van der Waals surface area contributed by atoms with E-state index in [9.17, 15) is 4.79 Å². The highest BCUT2D eigenvalue weighted by atomic mass is 16.2. The minimum Gasteiger partial charge on any atom is -0.324 e. The third kappa shape index (κ3) is 3.17. The molecule has 1 aromatic rings. The summed E-state index contributed by atoms with van der Waals surface area (Å²) in [7, 11) is 0. The highest BCUT2D eigenvalue weighted by molar-refractivity contribution is 5.95. The molecule has 0 radical (unpaired) electrons. The molecule has 1 fully saturated rings. The fourth-order valence-electron chi connectivity index (χ4n) is 2.58. The van der Waals surface area contributed by atoms with Crippen molar-refractivity contribution in [1.82, 2.24) is 4.90 Å². The van der Waals surface area contributed by atoms with Crippen LogP contribution in [0.5, 0.6) is 0 Å². The Morgan fingerprint density at radius 1 is 1.45 bits per heavy atom. The Balaban J connectivity index is 2.04. The number of hydrogen-bond donors (Lipinski definition) is 1. The lowest BCUT2D eigenvalue weighted by Gasteiger charge is -2.25. The molecule has 20 heavy (non-hydrogen) atoms. The van der Waals surface area contributed by atoms with Gasteiger partial charge in [-0.3, -0.25) is 9.69 Å². The number of nitrogens with one attached hydrogen (secondary N) is 1. The molecular weight excluding hydrogens is 250 g/mol. The molecule has 1 N–H and O–H groups in total. The van der Waals surface area contributed by atoms with Gasteiger partial charge >= 0.3 is 0 Å². The monoisotopic (exact) mass is 271 g/mol. The molecule has 0 saturated carbocycles. The van der Waals surface area contributed by atoms with Crippen molar-refractivity contribution >= 4 is 11.6 Å². The van der Waals surface area contributed by atoms with Gasteiger partial charge in [0.2, 0.25) is 5.91 Å². The van der Waals surface area contributed by atoms with Crippen molar-refractivity contribution in [2.75, 3.05) is 18.4 Å². The Labute approximate surface area is 120 Å². The van der Waals surface area contributed by atoms with E-state index in [-0.39, 0.29) is 17.4 Å². The fourth-order valence-corrected chi connectivity index (χ4v) is 2.58. The first-order valence-corrected chi connectivity index (χ1v) is 6.97. The van der Waals surface area contributed by atoms with Crippen molar-refractivity contribution in [2.45, 2.75) is 33.2 Å². The van der Waals surface area contributed by atoms with Crippen LogP contribution in [0.3, 0.4) is 0 Å². The summed E-state index contributed by atoms with van der Waals surface area (Å²) >= 11 is 0. The molecule has 1 aromatic carbocycles. The second kappa shape index (κ2) is 5.64. The lowest BCUT2D eigenvalue weighted by atomic mass is 9.93. The molecule has 106 valence electrons. The van der Waals surface area contributed by atoms with Crippen LogP contribution < -0.4 is 5.32 Å². The van der Waals surface area contributed by atoms with Crippen LogP contribution in [0, 0.1) is 16.7 Å². The van der Waals surface area contributed by atoms with Gasteiger partial charge in [-0.25, -0.2) is 0 Å². The van der Waals surface area contributed by atoms with Crippen LogP contribution in [0.2, 0.25) is 0 Å². The lowest BCUT2D eigenvalue weighted by Crippen LogP contribution is -2.41. The van der Waals surface area contributed by atoms with Gasteiger partial charge in [0, 0.05) is 6.54 Å². The lowest BCUT2D eigenvalue weighted by molar-refractivity contribution is -0.120. The summed E-state index contributed by atoms with van der Waals surface area (Å²) in [4.78, 5) is 14.5. The summed E-state index contributed by atoms with van der Waals surface area (Å²) in [5.74, 6) is -0.0506. The molecule has 1 heterocycles. The van der Waals surface area contributed by atoms with Gasteiger partial charge < -0.3 is 5.32 Å². The fraction of sp³-hybridized carbons (Fsp3) is 0.500. The van der Waals surface area contributed by atoms with Crippen molar-refractivity contribution in [3.05, 3.63) is 29.8 Å².